The summed E-state index contributed by atoms with van der Waals surface area (Å²) in [6.07, 6.45) is 0. The minimum atomic E-state index is -0.0827. The summed E-state index contributed by atoms with van der Waals surface area (Å²) in [5.74, 6) is 0.232. The number of nitrogens with zero attached hydrogens (tertiary/aromatic N) is 1. The number of carbonyl (C=O) groups excluding carboxylic acids is 2. The van der Waals surface area contributed by atoms with Crippen LogP contribution in [-0.2, 0) is 4.79 Å². The van der Waals surface area contributed by atoms with Crippen LogP contribution in [0.5, 0.6) is 0 Å². The lowest BCUT2D eigenvalue weighted by molar-refractivity contribution is -0.113. The molecule has 2 aromatic carbocycles. The van der Waals surface area contributed by atoms with E-state index in [-0.39, 0.29) is 11.8 Å². The number of nitrogens with one attached hydrogen (secondary N) is 1. The number of amides is 2. The van der Waals surface area contributed by atoms with Crippen molar-refractivity contribution in [2.24, 2.45) is 0 Å². The second kappa shape index (κ2) is 9.28. The molecule has 0 aliphatic heterocycles. The highest BCUT2D eigenvalue weighted by molar-refractivity contribution is 8.00. The molecule has 1 N–H and O–H groups in total. The van der Waals surface area contributed by atoms with Gasteiger partial charge in [-0.3, -0.25) is 9.59 Å². The standard InChI is InChI=1S/C20H24N2O2S/c1-4-22(5-2)20(24)16-10-8-11-17(13-16)21-19(23)14-25-18-12-7-6-9-15(18)3/h6-13H,4-5,14H2,1-3H3,(H,21,23). The summed E-state index contributed by atoms with van der Waals surface area (Å²) < 4.78 is 0. The quantitative estimate of drug-likeness (QED) is 0.756. The van der Waals surface area contributed by atoms with Gasteiger partial charge in [0.25, 0.3) is 5.91 Å². The lowest BCUT2D eigenvalue weighted by Gasteiger charge is -2.19. The van der Waals surface area contributed by atoms with Crippen LogP contribution in [0.4, 0.5) is 5.69 Å². The van der Waals surface area contributed by atoms with Gasteiger partial charge < -0.3 is 10.2 Å². The lowest BCUT2D eigenvalue weighted by Crippen LogP contribution is -2.30. The summed E-state index contributed by atoms with van der Waals surface area (Å²) in [5, 5.41) is 2.87. The number of hydrogen-bond donors (Lipinski definition) is 1. The summed E-state index contributed by atoms with van der Waals surface area (Å²) in [6, 6.07) is 15.1. The zero-order valence-electron chi connectivity index (χ0n) is 14.9. The smallest absolute Gasteiger partial charge is 0.253 e. The van der Waals surface area contributed by atoms with Gasteiger partial charge in [-0.2, -0.15) is 0 Å². The van der Waals surface area contributed by atoms with Crippen LogP contribution in [0, 0.1) is 6.92 Å². The van der Waals surface area contributed by atoms with Gasteiger partial charge in [0, 0.05) is 29.2 Å². The van der Waals surface area contributed by atoms with Gasteiger partial charge in [0.05, 0.1) is 5.75 Å². The maximum Gasteiger partial charge on any atom is 0.253 e. The van der Waals surface area contributed by atoms with Crippen LogP contribution in [0.3, 0.4) is 0 Å². The van der Waals surface area contributed by atoms with E-state index in [9.17, 15) is 9.59 Å². The zero-order valence-corrected chi connectivity index (χ0v) is 15.7. The Hall–Kier alpha value is -2.27. The Morgan fingerprint density at radius 1 is 1.04 bits per heavy atom. The summed E-state index contributed by atoms with van der Waals surface area (Å²) in [4.78, 5) is 27.5. The molecule has 0 radical (unpaired) electrons. The summed E-state index contributed by atoms with van der Waals surface area (Å²) >= 11 is 1.51. The van der Waals surface area contributed by atoms with E-state index in [0.717, 1.165) is 10.5 Å². The number of hydrogen-bond acceptors (Lipinski definition) is 3. The molecule has 0 spiro atoms. The van der Waals surface area contributed by atoms with E-state index < -0.39 is 0 Å². The lowest BCUT2D eigenvalue weighted by atomic mass is 10.1. The highest BCUT2D eigenvalue weighted by atomic mass is 32.2. The van der Waals surface area contributed by atoms with Crippen molar-refractivity contribution in [1.29, 1.82) is 0 Å². The third-order valence-electron chi connectivity index (χ3n) is 3.90. The first kappa shape index (κ1) is 19.1. The maximum absolute atomic E-state index is 12.4. The van der Waals surface area contributed by atoms with Crippen LogP contribution < -0.4 is 5.32 Å². The van der Waals surface area contributed by atoms with Crippen LogP contribution in [0.15, 0.2) is 53.4 Å². The predicted molar refractivity (Wildman–Crippen MR) is 104 cm³/mol. The third-order valence-corrected chi connectivity index (χ3v) is 5.07. The molecule has 0 fully saturated rings. The van der Waals surface area contributed by atoms with Crippen LogP contribution in [0.1, 0.15) is 29.8 Å². The molecule has 0 heterocycles. The molecule has 0 aliphatic carbocycles. The minimum Gasteiger partial charge on any atom is -0.339 e. The van der Waals surface area contributed by atoms with Gasteiger partial charge in [-0.25, -0.2) is 0 Å². The van der Waals surface area contributed by atoms with Gasteiger partial charge in [0.15, 0.2) is 0 Å². The van der Waals surface area contributed by atoms with Crippen molar-refractivity contribution in [3.8, 4) is 0 Å². The van der Waals surface area contributed by atoms with Crippen molar-refractivity contribution in [2.45, 2.75) is 25.7 Å². The predicted octanol–water partition coefficient (Wildman–Crippen LogP) is 4.21. The molecule has 0 aromatic heterocycles. The number of anilines is 1. The molecule has 4 nitrogen and oxygen atoms in total. The molecule has 0 aliphatic rings. The SMILES string of the molecule is CCN(CC)C(=O)c1cccc(NC(=O)CSc2ccccc2C)c1. The molecular formula is C20H24N2O2S. The van der Waals surface area contributed by atoms with Gasteiger partial charge in [-0.1, -0.05) is 24.3 Å². The number of aryl methyl sites for hydroxylation is 1. The van der Waals surface area contributed by atoms with E-state index >= 15 is 0 Å². The van der Waals surface area contributed by atoms with Crippen molar-refractivity contribution in [2.75, 3.05) is 24.2 Å². The largest absolute Gasteiger partial charge is 0.339 e. The van der Waals surface area contributed by atoms with Crippen molar-refractivity contribution in [3.05, 3.63) is 59.7 Å². The van der Waals surface area contributed by atoms with E-state index in [1.807, 2.05) is 45.0 Å². The Morgan fingerprint density at radius 2 is 1.76 bits per heavy atom. The third kappa shape index (κ3) is 5.36. The Labute approximate surface area is 153 Å². The zero-order chi connectivity index (χ0) is 18.2. The minimum absolute atomic E-state index is 0.0182. The number of thioether (sulfide) groups is 1. The van der Waals surface area contributed by atoms with Crippen LogP contribution in [0.25, 0.3) is 0 Å². The van der Waals surface area contributed by atoms with Crippen LogP contribution in [-0.4, -0.2) is 35.6 Å². The van der Waals surface area contributed by atoms with E-state index in [0.29, 0.717) is 30.1 Å². The van der Waals surface area contributed by atoms with Gasteiger partial charge in [-0.15, -0.1) is 11.8 Å². The molecule has 0 saturated heterocycles. The van der Waals surface area contributed by atoms with Gasteiger partial charge in [0.2, 0.25) is 5.91 Å². The average molecular weight is 356 g/mol. The Kier molecular flexibility index (Phi) is 7.07. The van der Waals surface area contributed by atoms with Crippen molar-refractivity contribution in [3.63, 3.8) is 0 Å². The molecule has 0 bridgehead atoms. The molecule has 2 aromatic rings. The summed E-state index contributed by atoms with van der Waals surface area (Å²) in [5.41, 5.74) is 2.40. The second-order valence-electron chi connectivity index (χ2n) is 5.66. The molecule has 0 unspecified atom stereocenters. The Balaban J connectivity index is 1.98. The average Bonchev–Trinajstić information content (AvgIpc) is 2.62. The fraction of sp³-hybridized carbons (Fsp3) is 0.300. The molecule has 132 valence electrons. The van der Waals surface area contributed by atoms with E-state index in [4.69, 9.17) is 0 Å². The highest BCUT2D eigenvalue weighted by Crippen LogP contribution is 2.22. The van der Waals surface area contributed by atoms with Crippen molar-refractivity contribution >= 4 is 29.3 Å². The first-order valence-electron chi connectivity index (χ1n) is 8.42. The summed E-state index contributed by atoms with van der Waals surface area (Å²) in [6.45, 7) is 7.27. The Bertz CT molecular complexity index is 742. The fourth-order valence-electron chi connectivity index (χ4n) is 2.48. The van der Waals surface area contributed by atoms with Gasteiger partial charge >= 0.3 is 0 Å². The number of benzene rings is 2. The molecule has 2 rings (SSSR count). The molecule has 25 heavy (non-hydrogen) atoms. The highest BCUT2D eigenvalue weighted by Gasteiger charge is 2.13. The normalized spacial score (nSPS) is 10.4. The van der Waals surface area contributed by atoms with E-state index in [1.165, 1.54) is 11.8 Å². The van der Waals surface area contributed by atoms with Crippen LogP contribution >= 0.6 is 11.8 Å². The maximum atomic E-state index is 12.4. The number of rotatable bonds is 7. The first-order chi connectivity index (χ1) is 12.0. The first-order valence-corrected chi connectivity index (χ1v) is 9.41. The number of carbonyl (C=O) groups is 2. The molecule has 0 atom stereocenters. The molecule has 2 amide bonds. The molecule has 0 saturated carbocycles. The van der Waals surface area contributed by atoms with E-state index in [2.05, 4.69) is 5.32 Å². The van der Waals surface area contributed by atoms with Crippen LogP contribution in [0.2, 0.25) is 0 Å². The molecule has 5 heteroatoms. The topological polar surface area (TPSA) is 49.4 Å². The van der Waals surface area contributed by atoms with Crippen molar-refractivity contribution < 1.29 is 9.59 Å². The monoisotopic (exact) mass is 356 g/mol. The van der Waals surface area contributed by atoms with E-state index in [1.54, 1.807) is 29.2 Å². The van der Waals surface area contributed by atoms with Gasteiger partial charge in [0.1, 0.15) is 0 Å². The summed E-state index contributed by atoms with van der Waals surface area (Å²) in [7, 11) is 0. The second-order valence-corrected chi connectivity index (χ2v) is 6.68. The van der Waals surface area contributed by atoms with Gasteiger partial charge in [-0.05, 0) is 50.6 Å². The molecular weight excluding hydrogens is 332 g/mol. The Morgan fingerprint density at radius 3 is 2.44 bits per heavy atom. The fourth-order valence-corrected chi connectivity index (χ4v) is 3.31. The van der Waals surface area contributed by atoms with Crippen molar-refractivity contribution in [1.82, 2.24) is 4.90 Å².